The van der Waals surface area contributed by atoms with Gasteiger partial charge in [-0.05, 0) is 0 Å². The van der Waals surface area contributed by atoms with Crippen LogP contribution in [0.4, 0.5) is 0 Å². The van der Waals surface area contributed by atoms with Crippen LogP contribution in [0.1, 0.15) is 48.0 Å². The summed E-state index contributed by atoms with van der Waals surface area (Å²) >= 11 is -3.30. The van der Waals surface area contributed by atoms with E-state index in [4.69, 9.17) is 0 Å². The number of rotatable bonds is 3. The molecular formula is C25H31NSiZr. The third kappa shape index (κ3) is 2.85. The fraction of sp³-hybridized carbons (Fsp3) is 0.320. The summed E-state index contributed by atoms with van der Waals surface area (Å²) in [6.45, 7) is 11.9. The molecule has 0 bridgehead atoms. The van der Waals surface area contributed by atoms with Gasteiger partial charge in [-0.2, -0.15) is 0 Å². The average molecular weight is 465 g/mol. The number of aromatic nitrogens is 1. The number of fused-ring (bicyclic) bond motifs is 1. The van der Waals surface area contributed by atoms with Crippen molar-refractivity contribution in [3.8, 4) is 0 Å². The summed E-state index contributed by atoms with van der Waals surface area (Å²) in [4.78, 5) is 4.39. The second-order valence-electron chi connectivity index (χ2n) is 9.77. The van der Waals surface area contributed by atoms with E-state index < -0.39 is 17.4 Å². The first-order valence-electron chi connectivity index (χ1n) is 10.3. The second kappa shape index (κ2) is 6.61. The molecule has 1 heterocycles. The summed E-state index contributed by atoms with van der Waals surface area (Å²) in [7, 11) is 0. The summed E-state index contributed by atoms with van der Waals surface area (Å²) in [5, 5.41) is 0. The van der Waals surface area contributed by atoms with Gasteiger partial charge < -0.3 is 0 Å². The molecule has 2 aromatic rings. The van der Waals surface area contributed by atoms with Crippen LogP contribution in [0, 0.1) is 5.92 Å². The van der Waals surface area contributed by atoms with Crippen LogP contribution in [-0.4, -0.2) is 11.9 Å². The van der Waals surface area contributed by atoms with Gasteiger partial charge in [-0.3, -0.25) is 0 Å². The zero-order valence-corrected chi connectivity index (χ0v) is 21.9. The normalized spacial score (nSPS) is 22.6. The van der Waals surface area contributed by atoms with Gasteiger partial charge in [0.15, 0.2) is 0 Å². The Bertz CT molecular complexity index is 1130. The van der Waals surface area contributed by atoms with Gasteiger partial charge >= 0.3 is 173 Å². The van der Waals surface area contributed by atoms with Crippen molar-refractivity contribution in [3.05, 3.63) is 91.6 Å². The minimum absolute atomic E-state index is 0.539. The number of pyridine rings is 1. The van der Waals surface area contributed by atoms with E-state index in [-0.39, 0.29) is 0 Å². The molecule has 0 saturated heterocycles. The van der Waals surface area contributed by atoms with Gasteiger partial charge in [0.2, 0.25) is 0 Å². The SMILES string of the molecule is CC1=C(C)C(C)[C]([Zr]([CH3])([CH3])(=[SiH2])[CH]2C=C(c3cccnc3)c3ccccc32)=C1C. The van der Waals surface area contributed by atoms with Crippen LogP contribution in [0.2, 0.25) is 9.26 Å². The van der Waals surface area contributed by atoms with E-state index in [1.54, 1.807) is 14.4 Å². The van der Waals surface area contributed by atoms with Gasteiger partial charge in [-0.25, -0.2) is 0 Å². The third-order valence-corrected chi connectivity index (χ3v) is 24.7. The molecule has 0 aliphatic heterocycles. The molecule has 2 unspecified atom stereocenters. The zero-order valence-electron chi connectivity index (χ0n) is 18.0. The number of hydrogen-bond acceptors (Lipinski definition) is 1. The van der Waals surface area contributed by atoms with Crippen molar-refractivity contribution >= 4 is 12.5 Å². The van der Waals surface area contributed by atoms with E-state index in [1.165, 1.54) is 27.8 Å². The number of allylic oxidation sites excluding steroid dienone is 5. The van der Waals surface area contributed by atoms with Crippen molar-refractivity contribution in [1.82, 2.24) is 4.98 Å². The second-order valence-corrected chi connectivity index (χ2v) is 39.3. The van der Waals surface area contributed by atoms with E-state index in [9.17, 15) is 0 Å². The Balaban J connectivity index is 1.94. The molecule has 1 aromatic heterocycles. The van der Waals surface area contributed by atoms with E-state index in [1.807, 2.05) is 18.5 Å². The Morgan fingerprint density at radius 3 is 2.29 bits per heavy atom. The van der Waals surface area contributed by atoms with Crippen molar-refractivity contribution in [2.24, 2.45) is 5.92 Å². The molecule has 4 rings (SSSR count). The molecular weight excluding hydrogens is 434 g/mol. The Morgan fingerprint density at radius 2 is 1.68 bits per heavy atom. The predicted molar refractivity (Wildman–Crippen MR) is 121 cm³/mol. The molecule has 1 nitrogen and oxygen atoms in total. The molecule has 0 saturated carbocycles. The first kappa shape index (κ1) is 20.0. The van der Waals surface area contributed by atoms with Crippen LogP contribution in [0.5, 0.6) is 0 Å². The Morgan fingerprint density at radius 1 is 0.964 bits per heavy atom. The van der Waals surface area contributed by atoms with Gasteiger partial charge in [0.25, 0.3) is 0 Å². The minimum atomic E-state index is -3.30. The first-order valence-corrected chi connectivity index (χ1v) is 23.8. The summed E-state index contributed by atoms with van der Waals surface area (Å²) < 4.78 is 7.69. The molecule has 3 heteroatoms. The first-order chi connectivity index (χ1) is 13.1. The summed E-state index contributed by atoms with van der Waals surface area (Å²) in [5.74, 6) is 0.584. The van der Waals surface area contributed by atoms with Gasteiger partial charge in [-0.1, -0.05) is 0 Å². The topological polar surface area (TPSA) is 12.9 Å². The molecule has 28 heavy (non-hydrogen) atoms. The molecule has 0 radical (unpaired) electrons. The van der Waals surface area contributed by atoms with Crippen LogP contribution >= 0.6 is 0 Å². The Labute approximate surface area is 172 Å². The van der Waals surface area contributed by atoms with Crippen LogP contribution < -0.4 is 0 Å². The Kier molecular flexibility index (Phi) is 4.71. The predicted octanol–water partition coefficient (Wildman–Crippen LogP) is 6.16. The third-order valence-electron chi connectivity index (χ3n) is 7.41. The standard InChI is InChI=1S/C14H10N.C9H13.2CH3.H2Si.Zr/c1-2-6-13-11(4-1)7-8-14(13)12-5-3-9-15-10-12;1-6-5-7(2)9(4)8(6)3;;;;/h1-10H;6H,1-4H3;2*1H3;1H2;. The van der Waals surface area contributed by atoms with Gasteiger partial charge in [0.05, 0.1) is 0 Å². The maximum absolute atomic E-state index is 4.39. The van der Waals surface area contributed by atoms with E-state index in [0.717, 1.165) is 0 Å². The molecule has 0 fully saturated rings. The van der Waals surface area contributed by atoms with Crippen molar-refractivity contribution in [1.29, 1.82) is 0 Å². The van der Waals surface area contributed by atoms with Gasteiger partial charge in [0, 0.05) is 0 Å². The average Bonchev–Trinajstić information content (AvgIpc) is 3.16. The fourth-order valence-corrected chi connectivity index (χ4v) is 24.3. The molecule has 144 valence electrons. The number of benzene rings is 1. The van der Waals surface area contributed by atoms with Crippen molar-refractivity contribution < 1.29 is 17.4 Å². The van der Waals surface area contributed by atoms with Crippen LogP contribution in [0.25, 0.3) is 5.57 Å². The van der Waals surface area contributed by atoms with Crippen LogP contribution in [0.3, 0.4) is 0 Å². The van der Waals surface area contributed by atoms with E-state index in [2.05, 4.69) is 85.2 Å². The molecule has 0 amide bonds. The van der Waals surface area contributed by atoms with Gasteiger partial charge in [-0.15, -0.1) is 0 Å². The molecule has 0 N–H and O–H groups in total. The monoisotopic (exact) mass is 463 g/mol. The fourth-order valence-electron chi connectivity index (χ4n) is 5.76. The summed E-state index contributed by atoms with van der Waals surface area (Å²) in [5.41, 5.74) is 10.2. The molecule has 1 aromatic carbocycles. The molecule has 2 aliphatic carbocycles. The maximum atomic E-state index is 4.39. The van der Waals surface area contributed by atoms with Crippen molar-refractivity contribution in [2.75, 3.05) is 0 Å². The molecule has 2 atom stereocenters. The zero-order chi connectivity index (χ0) is 20.3. The van der Waals surface area contributed by atoms with E-state index in [0.29, 0.717) is 9.54 Å². The Hall–Kier alpha value is -1.31. The molecule has 0 spiro atoms. The molecule has 2 aliphatic rings. The number of nitrogens with zero attached hydrogens (tertiary/aromatic N) is 1. The quantitative estimate of drug-likeness (QED) is 0.496. The van der Waals surface area contributed by atoms with Crippen LogP contribution in [-0.2, 0) is 17.4 Å². The summed E-state index contributed by atoms with van der Waals surface area (Å²) in [6, 6.07) is 13.3. The van der Waals surface area contributed by atoms with Crippen molar-refractivity contribution in [2.45, 2.75) is 40.6 Å². The van der Waals surface area contributed by atoms with Crippen molar-refractivity contribution in [3.63, 3.8) is 0 Å². The summed E-state index contributed by atoms with van der Waals surface area (Å²) in [6.07, 6.45) is 6.46. The number of hydrogen-bond donors (Lipinski definition) is 0. The van der Waals surface area contributed by atoms with Gasteiger partial charge in [0.1, 0.15) is 0 Å². The van der Waals surface area contributed by atoms with E-state index >= 15 is 0 Å². The van der Waals surface area contributed by atoms with Crippen LogP contribution in [0.15, 0.2) is 74.9 Å².